The average molecular weight is 292 g/mol. The van der Waals surface area contributed by atoms with Crippen LogP contribution in [0.2, 0.25) is 0 Å². The maximum absolute atomic E-state index is 11.3. The highest BCUT2D eigenvalue weighted by atomic mass is 32.2. The number of benzene rings is 1. The second-order valence-corrected chi connectivity index (χ2v) is 5.21. The van der Waals surface area contributed by atoms with E-state index in [-0.39, 0.29) is 11.5 Å². The molecule has 0 bridgehead atoms. The third kappa shape index (κ3) is 2.88. The Kier molecular flexibility index (Phi) is 3.89. The zero-order chi connectivity index (χ0) is 14.9. The Hall–Kier alpha value is -2.15. The monoisotopic (exact) mass is 292 g/mol. The second kappa shape index (κ2) is 5.46. The van der Waals surface area contributed by atoms with Crippen LogP contribution in [0.15, 0.2) is 32.7 Å². The Morgan fingerprint density at radius 3 is 2.60 bits per heavy atom. The van der Waals surface area contributed by atoms with Gasteiger partial charge in [-0.2, -0.15) is 0 Å². The van der Waals surface area contributed by atoms with Crippen molar-refractivity contribution >= 4 is 23.2 Å². The van der Waals surface area contributed by atoms with Crippen LogP contribution in [-0.4, -0.2) is 15.7 Å². The smallest absolute Gasteiger partial charge is 0.284 e. The Morgan fingerprint density at radius 1 is 1.40 bits per heavy atom. The molecule has 0 fully saturated rings. The largest absolute Gasteiger partial charge is 0.436 e. The summed E-state index contributed by atoms with van der Waals surface area (Å²) < 4.78 is 5.39. The summed E-state index contributed by atoms with van der Waals surface area (Å²) in [7, 11) is 0. The Balaban J connectivity index is 2.40. The molecule has 0 aliphatic heterocycles. The zero-order valence-electron chi connectivity index (χ0n) is 11.2. The molecule has 2 aromatic rings. The van der Waals surface area contributed by atoms with E-state index in [2.05, 4.69) is 4.98 Å². The summed E-state index contributed by atoms with van der Waals surface area (Å²) in [6.07, 6.45) is 0. The van der Waals surface area contributed by atoms with E-state index in [1.807, 2.05) is 0 Å². The number of nitro groups is 1. The molecule has 6 nitrogen and oxygen atoms in total. The molecule has 0 unspecified atom stereocenters. The summed E-state index contributed by atoms with van der Waals surface area (Å²) in [6, 6.07) is 4.36. The van der Waals surface area contributed by atoms with E-state index in [1.54, 1.807) is 19.9 Å². The molecule has 0 amide bonds. The Morgan fingerprint density at radius 2 is 2.10 bits per heavy atom. The van der Waals surface area contributed by atoms with Crippen LogP contribution in [-0.2, 0) is 0 Å². The number of aryl methyl sites for hydroxylation is 2. The number of carbonyl (C=O) groups excluding carboxylic acids is 1. The predicted molar refractivity (Wildman–Crippen MR) is 73.2 cm³/mol. The molecule has 1 heterocycles. The topological polar surface area (TPSA) is 86.2 Å². The number of carbonyl (C=O) groups is 1. The van der Waals surface area contributed by atoms with E-state index in [9.17, 15) is 14.9 Å². The first kappa shape index (κ1) is 14.3. The minimum atomic E-state index is -0.516. The fourth-order valence-corrected chi connectivity index (χ4v) is 2.46. The van der Waals surface area contributed by atoms with Gasteiger partial charge in [-0.3, -0.25) is 14.9 Å². The molecule has 104 valence electrons. The lowest BCUT2D eigenvalue weighted by Crippen LogP contribution is -1.97. The average Bonchev–Trinajstić information content (AvgIpc) is 2.68. The normalized spacial score (nSPS) is 10.6. The molecule has 0 spiro atoms. The molecule has 7 heteroatoms. The van der Waals surface area contributed by atoms with Gasteiger partial charge in [0.25, 0.3) is 10.9 Å². The molecule has 0 atom stereocenters. The van der Waals surface area contributed by atoms with Gasteiger partial charge >= 0.3 is 0 Å². The maximum Gasteiger partial charge on any atom is 0.284 e. The van der Waals surface area contributed by atoms with E-state index in [0.29, 0.717) is 21.4 Å². The third-order valence-corrected chi connectivity index (χ3v) is 3.68. The highest BCUT2D eigenvalue weighted by molar-refractivity contribution is 7.99. The van der Waals surface area contributed by atoms with Gasteiger partial charge in [-0.15, -0.1) is 0 Å². The molecule has 20 heavy (non-hydrogen) atoms. The maximum atomic E-state index is 11.3. The first-order valence-electron chi connectivity index (χ1n) is 5.79. The van der Waals surface area contributed by atoms with Gasteiger partial charge in [0, 0.05) is 11.6 Å². The number of nitro benzene ring substituents is 1. The number of hydrogen-bond acceptors (Lipinski definition) is 6. The summed E-state index contributed by atoms with van der Waals surface area (Å²) in [5.41, 5.74) is 0.924. The lowest BCUT2D eigenvalue weighted by molar-refractivity contribution is -0.387. The van der Waals surface area contributed by atoms with Crippen molar-refractivity contribution in [3.8, 4) is 0 Å². The SMILES string of the molecule is CC(=O)c1ccc(Sc2nc(C)c(C)o2)c([N+](=O)[O-])c1. The van der Waals surface area contributed by atoms with Gasteiger partial charge in [0.15, 0.2) is 5.78 Å². The fourth-order valence-electron chi connectivity index (χ4n) is 1.55. The van der Waals surface area contributed by atoms with Gasteiger partial charge in [-0.25, -0.2) is 4.98 Å². The van der Waals surface area contributed by atoms with Gasteiger partial charge in [-0.1, -0.05) is 0 Å². The van der Waals surface area contributed by atoms with Crippen LogP contribution < -0.4 is 0 Å². The van der Waals surface area contributed by atoms with Crippen molar-refractivity contribution in [2.45, 2.75) is 30.9 Å². The minimum Gasteiger partial charge on any atom is -0.436 e. The summed E-state index contributed by atoms with van der Waals surface area (Å²) in [4.78, 5) is 26.4. The molecule has 2 rings (SSSR count). The van der Waals surface area contributed by atoms with Crippen molar-refractivity contribution in [2.24, 2.45) is 0 Å². The predicted octanol–water partition coefficient (Wildman–Crippen LogP) is 3.55. The molecule has 0 radical (unpaired) electrons. The van der Waals surface area contributed by atoms with E-state index >= 15 is 0 Å². The lowest BCUT2D eigenvalue weighted by Gasteiger charge is -2.01. The zero-order valence-corrected chi connectivity index (χ0v) is 12.0. The summed E-state index contributed by atoms with van der Waals surface area (Å²) in [5.74, 6) is 0.461. The van der Waals surface area contributed by atoms with Crippen molar-refractivity contribution in [1.82, 2.24) is 4.98 Å². The van der Waals surface area contributed by atoms with Crippen molar-refractivity contribution in [3.63, 3.8) is 0 Å². The number of Topliss-reactive ketones (excluding diaryl/α,β-unsaturated/α-hetero) is 1. The second-order valence-electron chi connectivity index (χ2n) is 4.22. The molecule has 0 N–H and O–H groups in total. The van der Waals surface area contributed by atoms with Gasteiger partial charge in [0.05, 0.1) is 15.5 Å². The fraction of sp³-hybridized carbons (Fsp3) is 0.231. The van der Waals surface area contributed by atoms with Crippen LogP contribution in [0, 0.1) is 24.0 Å². The third-order valence-electron chi connectivity index (χ3n) is 2.77. The quantitative estimate of drug-likeness (QED) is 0.486. The van der Waals surface area contributed by atoms with E-state index in [4.69, 9.17) is 4.42 Å². The Labute approximate surface area is 119 Å². The lowest BCUT2D eigenvalue weighted by atomic mass is 10.1. The first-order chi connectivity index (χ1) is 9.38. The van der Waals surface area contributed by atoms with Crippen molar-refractivity contribution < 1.29 is 14.1 Å². The number of rotatable bonds is 4. The molecule has 0 aliphatic carbocycles. The highest BCUT2D eigenvalue weighted by Crippen LogP contribution is 2.35. The van der Waals surface area contributed by atoms with Gasteiger partial charge in [-0.05, 0) is 44.7 Å². The van der Waals surface area contributed by atoms with Crippen LogP contribution >= 0.6 is 11.8 Å². The number of ketones is 1. The van der Waals surface area contributed by atoms with Crippen molar-refractivity contribution in [1.29, 1.82) is 0 Å². The molecule has 0 saturated heterocycles. The number of oxazole rings is 1. The molecule has 1 aromatic heterocycles. The molecule has 0 saturated carbocycles. The highest BCUT2D eigenvalue weighted by Gasteiger charge is 2.19. The minimum absolute atomic E-state index is 0.129. The molecular weight excluding hydrogens is 280 g/mol. The summed E-state index contributed by atoms with van der Waals surface area (Å²) >= 11 is 1.07. The summed E-state index contributed by atoms with van der Waals surface area (Å²) in [6.45, 7) is 4.95. The van der Waals surface area contributed by atoms with Gasteiger partial charge in [0.2, 0.25) is 0 Å². The van der Waals surface area contributed by atoms with Crippen molar-refractivity contribution in [3.05, 3.63) is 45.3 Å². The Bertz CT molecular complexity index is 674. The number of aromatic nitrogens is 1. The van der Waals surface area contributed by atoms with Crippen LogP contribution in [0.25, 0.3) is 0 Å². The standard InChI is InChI=1S/C13H12N2O4S/c1-7-9(3)19-13(14-7)20-12-5-4-10(8(2)16)6-11(12)15(17)18/h4-6H,1-3H3. The number of nitrogens with zero attached hydrogens (tertiary/aromatic N) is 2. The molecule has 1 aromatic carbocycles. The van der Waals surface area contributed by atoms with E-state index < -0.39 is 4.92 Å². The van der Waals surface area contributed by atoms with Crippen LogP contribution in [0.4, 0.5) is 5.69 Å². The van der Waals surface area contributed by atoms with Gasteiger partial charge < -0.3 is 4.42 Å². The van der Waals surface area contributed by atoms with Crippen molar-refractivity contribution in [2.75, 3.05) is 0 Å². The van der Waals surface area contributed by atoms with Gasteiger partial charge in [0.1, 0.15) is 5.76 Å². The van der Waals surface area contributed by atoms with Crippen LogP contribution in [0.3, 0.4) is 0 Å². The van der Waals surface area contributed by atoms with Crippen LogP contribution in [0.1, 0.15) is 28.7 Å². The summed E-state index contributed by atoms with van der Waals surface area (Å²) in [5, 5.41) is 11.4. The van der Waals surface area contributed by atoms with E-state index in [1.165, 1.54) is 19.1 Å². The van der Waals surface area contributed by atoms with E-state index in [0.717, 1.165) is 17.5 Å². The molecular formula is C13H12N2O4S. The first-order valence-corrected chi connectivity index (χ1v) is 6.61. The molecule has 0 aliphatic rings. The van der Waals surface area contributed by atoms with Crippen LogP contribution in [0.5, 0.6) is 0 Å². The number of hydrogen-bond donors (Lipinski definition) is 0.